The van der Waals surface area contributed by atoms with Crippen LogP contribution in [0.3, 0.4) is 0 Å². The number of nitrogens with zero attached hydrogens (tertiary/aromatic N) is 3. The molecule has 2 aromatic carbocycles. The van der Waals surface area contributed by atoms with E-state index in [0.29, 0.717) is 0 Å². The fraction of sp³-hybridized carbons (Fsp3) is 0.167. The molecule has 0 saturated carbocycles. The molecule has 158 valence electrons. The third-order valence-electron chi connectivity index (χ3n) is 5.46. The molecule has 2 aromatic heterocycles. The van der Waals surface area contributed by atoms with Gasteiger partial charge in [-0.25, -0.2) is 14.4 Å². The summed E-state index contributed by atoms with van der Waals surface area (Å²) >= 11 is 3.28. The Labute approximate surface area is 199 Å². The highest BCUT2D eigenvalue weighted by Crippen LogP contribution is 2.40. The highest BCUT2D eigenvalue weighted by Gasteiger charge is 2.32. The Morgan fingerprint density at radius 2 is 1.81 bits per heavy atom. The van der Waals surface area contributed by atoms with Gasteiger partial charge in [0, 0.05) is 17.4 Å². The number of thiophene rings is 1. The number of hydrogen-bond acceptors (Lipinski definition) is 5. The van der Waals surface area contributed by atoms with Crippen molar-refractivity contribution in [1.29, 1.82) is 0 Å². The lowest BCUT2D eigenvalue weighted by Gasteiger charge is -2.21. The van der Waals surface area contributed by atoms with Crippen molar-refractivity contribution in [2.75, 3.05) is 5.01 Å². The summed E-state index contributed by atoms with van der Waals surface area (Å²) < 4.78 is 13.5. The van der Waals surface area contributed by atoms with E-state index in [4.69, 9.17) is 10.1 Å². The Bertz CT molecular complexity index is 1220. The summed E-state index contributed by atoms with van der Waals surface area (Å²) in [6, 6.07) is 17.3. The lowest BCUT2D eigenvalue weighted by atomic mass is 10.0. The van der Waals surface area contributed by atoms with Crippen LogP contribution in [0.15, 0.2) is 70.5 Å². The molecule has 31 heavy (non-hydrogen) atoms. The zero-order valence-electron chi connectivity index (χ0n) is 17.1. The van der Waals surface area contributed by atoms with Crippen molar-refractivity contribution in [2.45, 2.75) is 26.3 Å². The molecule has 0 aliphatic carbocycles. The fourth-order valence-electron chi connectivity index (χ4n) is 3.63. The van der Waals surface area contributed by atoms with Gasteiger partial charge < -0.3 is 0 Å². The monoisotopic (exact) mass is 513 g/mol. The minimum atomic E-state index is -0.228. The van der Waals surface area contributed by atoms with E-state index in [1.807, 2.05) is 23.2 Å². The first-order chi connectivity index (χ1) is 14.6. The average Bonchev–Trinajstić information content (AvgIpc) is 3.50. The third-order valence-corrected chi connectivity index (χ3v) is 7.21. The van der Waals surface area contributed by atoms with Crippen molar-refractivity contribution < 1.29 is 4.39 Å². The second kappa shape index (κ2) is 9.02. The van der Waals surface area contributed by atoms with Gasteiger partial charge in [-0.15, -0.1) is 39.7 Å². The summed E-state index contributed by atoms with van der Waals surface area (Å²) in [7, 11) is 0. The second-order valence-electron chi connectivity index (χ2n) is 7.45. The molecule has 3 nitrogen and oxygen atoms in total. The fourth-order valence-corrected chi connectivity index (χ4v) is 5.18. The molecule has 0 spiro atoms. The molecule has 0 fully saturated rings. The quantitative estimate of drug-likeness (QED) is 0.281. The Kier molecular flexibility index (Phi) is 6.36. The summed E-state index contributed by atoms with van der Waals surface area (Å²) in [6.45, 7) is 4.23. The van der Waals surface area contributed by atoms with Gasteiger partial charge in [-0.2, -0.15) is 5.10 Å². The van der Waals surface area contributed by atoms with Gasteiger partial charge in [0.25, 0.3) is 0 Å². The molecule has 0 amide bonds. The van der Waals surface area contributed by atoms with Crippen LogP contribution in [0.5, 0.6) is 0 Å². The number of anilines is 1. The molecule has 1 aliphatic heterocycles. The molecular weight excluding hydrogens is 493 g/mol. The van der Waals surface area contributed by atoms with Crippen molar-refractivity contribution in [3.63, 3.8) is 0 Å². The molecule has 5 rings (SSSR count). The van der Waals surface area contributed by atoms with Crippen LogP contribution in [0.4, 0.5) is 9.52 Å². The third kappa shape index (κ3) is 4.35. The van der Waals surface area contributed by atoms with E-state index >= 15 is 0 Å². The maximum atomic E-state index is 13.5. The predicted molar refractivity (Wildman–Crippen MR) is 134 cm³/mol. The average molecular weight is 514 g/mol. The van der Waals surface area contributed by atoms with Crippen LogP contribution in [0, 0.1) is 19.7 Å². The molecule has 4 aromatic rings. The molecule has 0 radical (unpaired) electrons. The summed E-state index contributed by atoms with van der Waals surface area (Å²) in [5, 5.41) is 11.9. The van der Waals surface area contributed by atoms with Crippen LogP contribution < -0.4 is 5.01 Å². The molecule has 3 heterocycles. The van der Waals surface area contributed by atoms with Crippen molar-refractivity contribution in [3.8, 4) is 11.3 Å². The zero-order chi connectivity index (χ0) is 20.7. The van der Waals surface area contributed by atoms with Crippen molar-refractivity contribution in [1.82, 2.24) is 4.98 Å². The van der Waals surface area contributed by atoms with Gasteiger partial charge in [-0.05, 0) is 60.2 Å². The highest BCUT2D eigenvalue weighted by atomic mass is 79.9. The molecule has 0 bridgehead atoms. The van der Waals surface area contributed by atoms with E-state index < -0.39 is 0 Å². The Morgan fingerprint density at radius 1 is 1.00 bits per heavy atom. The number of hydrazone groups is 1. The van der Waals surface area contributed by atoms with Crippen molar-refractivity contribution in [2.24, 2.45) is 5.10 Å². The van der Waals surface area contributed by atoms with Crippen molar-refractivity contribution >= 4 is 50.5 Å². The number of aromatic nitrogens is 1. The molecule has 1 aliphatic rings. The molecule has 1 atom stereocenters. The lowest BCUT2D eigenvalue weighted by Crippen LogP contribution is -2.18. The number of thiazole rings is 1. The van der Waals surface area contributed by atoms with E-state index in [2.05, 4.69) is 48.9 Å². The van der Waals surface area contributed by atoms with Crippen LogP contribution in [0.25, 0.3) is 11.3 Å². The Balaban J connectivity index is 0.00000231. The van der Waals surface area contributed by atoms with Crippen LogP contribution >= 0.6 is 39.7 Å². The van der Waals surface area contributed by atoms with Gasteiger partial charge in [0.2, 0.25) is 5.13 Å². The van der Waals surface area contributed by atoms with Crippen LogP contribution in [-0.2, 0) is 0 Å². The first-order valence-corrected chi connectivity index (χ1v) is 11.5. The Morgan fingerprint density at radius 3 is 2.52 bits per heavy atom. The number of benzene rings is 2. The number of halogens is 2. The topological polar surface area (TPSA) is 28.5 Å². The van der Waals surface area contributed by atoms with Gasteiger partial charge in [0.1, 0.15) is 5.82 Å². The normalized spacial score (nSPS) is 15.6. The maximum absolute atomic E-state index is 13.5. The molecule has 0 saturated heterocycles. The molecule has 0 N–H and O–H groups in total. The van der Waals surface area contributed by atoms with Gasteiger partial charge >= 0.3 is 0 Å². The molecular formula is C24H21BrFN3S2. The number of rotatable bonds is 4. The van der Waals surface area contributed by atoms with E-state index in [0.717, 1.165) is 39.0 Å². The zero-order valence-corrected chi connectivity index (χ0v) is 20.4. The Hall–Kier alpha value is -2.35. The SMILES string of the molecule is Br.Cc1ccc(-c2csc(N3N=C(c4cccs4)CC3c3ccc(F)cc3)n2)cc1C. The van der Waals surface area contributed by atoms with Crippen LogP contribution in [0.1, 0.15) is 34.0 Å². The van der Waals surface area contributed by atoms with E-state index in [-0.39, 0.29) is 28.8 Å². The van der Waals surface area contributed by atoms with Gasteiger partial charge in [0.05, 0.1) is 22.3 Å². The minimum absolute atomic E-state index is 0. The van der Waals surface area contributed by atoms with Gasteiger partial charge in [0.15, 0.2) is 0 Å². The van der Waals surface area contributed by atoms with Crippen molar-refractivity contribution in [3.05, 3.63) is 92.7 Å². The van der Waals surface area contributed by atoms with E-state index in [1.54, 1.807) is 22.7 Å². The predicted octanol–water partition coefficient (Wildman–Crippen LogP) is 7.56. The largest absolute Gasteiger partial charge is 0.231 e. The number of hydrogen-bond donors (Lipinski definition) is 0. The first-order valence-electron chi connectivity index (χ1n) is 9.78. The van der Waals surface area contributed by atoms with Gasteiger partial charge in [-0.1, -0.05) is 30.3 Å². The van der Waals surface area contributed by atoms with Crippen LogP contribution in [0.2, 0.25) is 0 Å². The second-order valence-corrected chi connectivity index (χ2v) is 9.24. The standard InChI is InChI=1S/C24H20FN3S2.BrH/c1-15-5-6-18(12-16(15)2)21-14-30-24(26-21)28-22(17-7-9-19(25)10-8-17)13-20(27-28)23-4-3-11-29-23;/h3-12,14,22H,13H2,1-2H3;1H. The van der Waals surface area contributed by atoms with E-state index in [9.17, 15) is 4.39 Å². The van der Waals surface area contributed by atoms with E-state index in [1.165, 1.54) is 23.3 Å². The minimum Gasteiger partial charge on any atom is -0.231 e. The number of aryl methyl sites for hydroxylation is 2. The molecule has 1 unspecified atom stereocenters. The maximum Gasteiger partial charge on any atom is 0.207 e. The summed E-state index contributed by atoms with van der Waals surface area (Å²) in [6.07, 6.45) is 0.769. The summed E-state index contributed by atoms with van der Waals surface area (Å²) in [5.41, 5.74) is 6.67. The summed E-state index contributed by atoms with van der Waals surface area (Å²) in [5.74, 6) is -0.228. The lowest BCUT2D eigenvalue weighted by molar-refractivity contribution is 0.624. The van der Waals surface area contributed by atoms with Gasteiger partial charge in [-0.3, -0.25) is 0 Å². The highest BCUT2D eigenvalue weighted by molar-refractivity contribution is 8.93. The molecule has 7 heteroatoms. The summed E-state index contributed by atoms with van der Waals surface area (Å²) in [4.78, 5) is 6.07. The first kappa shape index (κ1) is 21.9. The van der Waals surface area contributed by atoms with Crippen LogP contribution in [-0.4, -0.2) is 10.7 Å². The smallest absolute Gasteiger partial charge is 0.207 e.